The van der Waals surface area contributed by atoms with Crippen molar-refractivity contribution < 1.29 is 46.9 Å². The summed E-state index contributed by atoms with van der Waals surface area (Å²) in [5.41, 5.74) is 3.69. The van der Waals surface area contributed by atoms with Gasteiger partial charge in [0.1, 0.15) is 38.9 Å². The standard InChI is InChI=1S/C46H54N7O10P/c1-3-4-16-35(2)30-61-64(57)62-34-40-24-23-39(63-40)29-53-28-25-41(50-44(54)58-31-36-17-8-5-9-18-36)49-43(53)48-27-15-14-26-47-42(51-45(55)59-32-37-19-10-6-11-20-37)52-46(56)60-33-38-21-12-7-13-22-38/h3-13,16-22,25,28,39-40H,14-15,23-24,26-27,29-34H2,1-2H3,(H2-,47,48,49,50,51,52,54,55,56)/p+1/b4-3-,35-16+/t39?,40-/m0/s1. The fourth-order valence-corrected chi connectivity index (χ4v) is 6.63. The minimum absolute atomic E-state index is 0.0228. The number of alkyl carbamates (subject to hydrolysis) is 2. The van der Waals surface area contributed by atoms with Crippen LogP contribution in [0.25, 0.3) is 0 Å². The smallest absolute Gasteiger partial charge is 0.444 e. The number of hydrogen-bond donors (Lipinski definition) is 3. The molecule has 2 heterocycles. The molecule has 64 heavy (non-hydrogen) atoms. The zero-order valence-electron chi connectivity index (χ0n) is 36.0. The van der Waals surface area contributed by atoms with Crippen LogP contribution in [0.5, 0.6) is 0 Å². The molecule has 0 bridgehead atoms. The highest BCUT2D eigenvalue weighted by Gasteiger charge is 2.30. The number of nitrogens with one attached hydrogen (secondary N) is 3. The van der Waals surface area contributed by atoms with E-state index in [0.29, 0.717) is 38.0 Å². The van der Waals surface area contributed by atoms with E-state index in [-0.39, 0.29) is 63.6 Å². The molecular weight excluding hydrogens is 842 g/mol. The average molecular weight is 897 g/mol. The summed E-state index contributed by atoms with van der Waals surface area (Å²) in [6.45, 7) is 5.20. The number of amides is 3. The third kappa shape index (κ3) is 18.8. The number of carbonyl (C=O) groups is 3. The van der Waals surface area contributed by atoms with Crippen LogP contribution in [0.15, 0.2) is 137 Å². The molecule has 0 saturated carbocycles. The van der Waals surface area contributed by atoms with Crippen molar-refractivity contribution in [1.29, 1.82) is 0 Å². The second-order valence-electron chi connectivity index (χ2n) is 14.4. The zero-order chi connectivity index (χ0) is 45.2. The van der Waals surface area contributed by atoms with E-state index in [1.165, 1.54) is 0 Å². The van der Waals surface area contributed by atoms with Crippen LogP contribution in [0.3, 0.4) is 0 Å². The van der Waals surface area contributed by atoms with Crippen LogP contribution in [-0.2, 0) is 58.9 Å². The lowest BCUT2D eigenvalue weighted by molar-refractivity contribution is 0.00856. The van der Waals surface area contributed by atoms with Crippen molar-refractivity contribution in [1.82, 2.24) is 20.2 Å². The molecule has 1 aliphatic rings. The monoisotopic (exact) mass is 896 g/mol. The highest BCUT2D eigenvalue weighted by atomic mass is 31.1. The number of benzene rings is 3. The summed E-state index contributed by atoms with van der Waals surface area (Å²) in [7, 11) is -2.31. The molecule has 4 aromatic rings. The largest absolute Gasteiger partial charge is 0.697 e. The van der Waals surface area contributed by atoms with E-state index in [4.69, 9.17) is 33.0 Å². The Kier molecular flexibility index (Phi) is 20.9. The molecule has 0 radical (unpaired) electrons. The van der Waals surface area contributed by atoms with E-state index in [2.05, 4.69) is 25.9 Å². The van der Waals surface area contributed by atoms with Crippen molar-refractivity contribution in [3.8, 4) is 0 Å². The minimum atomic E-state index is -2.31. The number of rotatable bonds is 21. The average Bonchev–Trinajstić information content (AvgIpc) is 3.77. The Labute approximate surface area is 373 Å². The Morgan fingerprint density at radius 3 is 1.94 bits per heavy atom. The molecule has 1 aromatic heterocycles. The molecule has 2 unspecified atom stereocenters. The SMILES string of the molecule is C/C=C\C=C(/C)CO[P+](=O)OC[C@@H]1CCC(Cn2ccc(NC(=O)OCc3ccccc3)nc2=NCCCCN=C(NC(=O)OCc2ccccc2)NC(=O)OCc2ccccc2)O1. The molecule has 3 aromatic carbocycles. The van der Waals surface area contributed by atoms with Crippen molar-refractivity contribution in [2.45, 2.75) is 78.1 Å². The normalized spacial score (nSPS) is 15.3. The number of carbonyl (C=O) groups excluding carboxylic acids is 3. The highest BCUT2D eigenvalue weighted by Crippen LogP contribution is 2.28. The number of allylic oxidation sites excluding steroid dienone is 3. The van der Waals surface area contributed by atoms with Crippen molar-refractivity contribution in [2.75, 3.05) is 31.6 Å². The molecule has 3 N–H and O–H groups in total. The Balaban J connectivity index is 1.18. The Morgan fingerprint density at radius 2 is 1.34 bits per heavy atom. The van der Waals surface area contributed by atoms with Gasteiger partial charge in [0.25, 0.3) is 0 Å². The first-order chi connectivity index (χ1) is 31.2. The maximum absolute atomic E-state index is 12.7. The Morgan fingerprint density at radius 1 is 0.781 bits per heavy atom. The number of unbranched alkanes of at least 4 members (excludes halogenated alkanes) is 1. The molecule has 5 rings (SSSR count). The lowest BCUT2D eigenvalue weighted by atomic mass is 10.2. The first-order valence-corrected chi connectivity index (χ1v) is 22.0. The minimum Gasteiger partial charge on any atom is -0.444 e. The number of hydrogen-bond acceptors (Lipinski definition) is 13. The van der Waals surface area contributed by atoms with E-state index in [1.54, 1.807) is 12.3 Å². The number of guanidine groups is 1. The molecule has 0 spiro atoms. The van der Waals surface area contributed by atoms with Crippen LogP contribution in [0.1, 0.15) is 56.2 Å². The van der Waals surface area contributed by atoms with Gasteiger partial charge in [-0.25, -0.2) is 14.4 Å². The molecule has 18 heteroatoms. The van der Waals surface area contributed by atoms with Crippen molar-refractivity contribution in [2.24, 2.45) is 9.98 Å². The van der Waals surface area contributed by atoms with Gasteiger partial charge < -0.3 is 23.5 Å². The van der Waals surface area contributed by atoms with Crippen molar-refractivity contribution in [3.05, 3.63) is 149 Å². The van der Waals surface area contributed by atoms with Crippen LogP contribution in [0.2, 0.25) is 0 Å². The van der Waals surface area contributed by atoms with Gasteiger partial charge in [-0.3, -0.25) is 25.9 Å². The van der Waals surface area contributed by atoms with Gasteiger partial charge in [0.05, 0.1) is 18.8 Å². The Bertz CT molecular complexity index is 2200. The maximum atomic E-state index is 12.7. The first kappa shape index (κ1) is 48.5. The van der Waals surface area contributed by atoms with Gasteiger partial charge in [-0.15, -0.1) is 9.05 Å². The third-order valence-electron chi connectivity index (χ3n) is 9.22. The summed E-state index contributed by atoms with van der Waals surface area (Å²) in [6, 6.07) is 29.3. The molecule has 3 amide bonds. The second-order valence-corrected chi connectivity index (χ2v) is 15.4. The van der Waals surface area contributed by atoms with Crippen LogP contribution >= 0.6 is 8.25 Å². The van der Waals surface area contributed by atoms with Gasteiger partial charge in [0.2, 0.25) is 11.6 Å². The fraction of sp³-hybridized carbons (Fsp3) is 0.348. The fourth-order valence-electron chi connectivity index (χ4n) is 5.95. The van der Waals surface area contributed by atoms with Crippen LogP contribution in [0.4, 0.5) is 20.2 Å². The quantitative estimate of drug-likeness (QED) is 0.0181. The van der Waals surface area contributed by atoms with Gasteiger partial charge in [-0.05, 0) is 67.9 Å². The number of aromatic nitrogens is 2. The summed E-state index contributed by atoms with van der Waals surface area (Å²) in [5.74, 6) is 0.119. The van der Waals surface area contributed by atoms with E-state index < -0.39 is 26.5 Å². The Hall–Kier alpha value is -6.52. The summed E-state index contributed by atoms with van der Waals surface area (Å²) in [5, 5.41) is 7.67. The van der Waals surface area contributed by atoms with E-state index in [9.17, 15) is 18.9 Å². The number of ether oxygens (including phenoxy) is 4. The molecule has 1 aliphatic heterocycles. The van der Waals surface area contributed by atoms with Crippen LogP contribution < -0.4 is 21.6 Å². The van der Waals surface area contributed by atoms with Gasteiger partial charge >= 0.3 is 26.5 Å². The maximum Gasteiger partial charge on any atom is 0.697 e. The number of aliphatic imine (C=N–C) groups is 1. The predicted octanol–water partition coefficient (Wildman–Crippen LogP) is 8.28. The van der Waals surface area contributed by atoms with Crippen molar-refractivity contribution in [3.63, 3.8) is 0 Å². The molecule has 17 nitrogen and oxygen atoms in total. The van der Waals surface area contributed by atoms with Crippen LogP contribution in [0, 0.1) is 0 Å². The molecular formula is C46H55N7O10P+. The summed E-state index contributed by atoms with van der Waals surface area (Å²) < 4.78 is 47.2. The van der Waals surface area contributed by atoms with Crippen molar-refractivity contribution >= 4 is 38.3 Å². The third-order valence-corrected chi connectivity index (χ3v) is 9.92. The van der Waals surface area contributed by atoms with E-state index in [0.717, 1.165) is 28.7 Å². The molecule has 3 atom stereocenters. The van der Waals surface area contributed by atoms with Gasteiger partial charge in [-0.2, -0.15) is 4.98 Å². The lowest BCUT2D eigenvalue weighted by Crippen LogP contribution is -2.44. The molecule has 338 valence electrons. The first-order valence-electron chi connectivity index (χ1n) is 20.9. The molecule has 1 saturated heterocycles. The number of nitrogens with zero attached hydrogens (tertiary/aromatic N) is 4. The molecule has 1 fully saturated rings. The predicted molar refractivity (Wildman–Crippen MR) is 240 cm³/mol. The van der Waals surface area contributed by atoms with Gasteiger partial charge in [0, 0.05) is 23.9 Å². The summed E-state index contributed by atoms with van der Waals surface area (Å²) >= 11 is 0. The molecule has 0 aliphatic carbocycles. The number of anilines is 1. The summed E-state index contributed by atoms with van der Waals surface area (Å²) in [4.78, 5) is 51.8. The van der Waals surface area contributed by atoms with Gasteiger partial charge in [-0.1, -0.05) is 109 Å². The van der Waals surface area contributed by atoms with Crippen LogP contribution in [-0.4, -0.2) is 72.3 Å². The van der Waals surface area contributed by atoms with Gasteiger partial charge in [0.15, 0.2) is 0 Å². The van der Waals surface area contributed by atoms with E-state index in [1.807, 2.05) is 128 Å². The lowest BCUT2D eigenvalue weighted by Gasteiger charge is -2.15. The highest BCUT2D eigenvalue weighted by molar-refractivity contribution is 7.33. The second kappa shape index (κ2) is 27.5. The zero-order valence-corrected chi connectivity index (χ0v) is 36.9. The topological polar surface area (TPSA) is 202 Å². The van der Waals surface area contributed by atoms with E-state index >= 15 is 0 Å². The summed E-state index contributed by atoms with van der Waals surface area (Å²) in [6.07, 6.45) is 7.16.